The Balaban J connectivity index is 1.72. The van der Waals surface area contributed by atoms with Gasteiger partial charge in [0.15, 0.2) is 12.0 Å². The Hall–Kier alpha value is -1.06. The lowest BCUT2D eigenvalue weighted by atomic mass is 9.43. The van der Waals surface area contributed by atoms with E-state index in [0.717, 1.165) is 37.8 Å². The lowest BCUT2D eigenvalue weighted by Gasteiger charge is -2.60. The number of alkyl halides is 1. The maximum absolute atomic E-state index is 14.3. The highest BCUT2D eigenvalue weighted by Crippen LogP contribution is 2.65. The van der Waals surface area contributed by atoms with Crippen molar-refractivity contribution in [1.29, 1.82) is 5.41 Å². The summed E-state index contributed by atoms with van der Waals surface area (Å²) in [5, 5.41) is 8.33. The molecule has 4 aliphatic carbocycles. The summed E-state index contributed by atoms with van der Waals surface area (Å²) < 4.78 is 14.3. The molecule has 0 aromatic heterocycles. The Labute approximate surface area is 149 Å². The Morgan fingerprint density at radius 2 is 1.92 bits per heavy atom. The first-order valence-corrected chi connectivity index (χ1v) is 10.0. The molecular formula is C21H30FNO2. The zero-order valence-corrected chi connectivity index (χ0v) is 15.6. The first-order valence-electron chi connectivity index (χ1n) is 10.0. The van der Waals surface area contributed by atoms with Crippen LogP contribution in [-0.4, -0.2) is 23.4 Å². The van der Waals surface area contributed by atoms with Gasteiger partial charge in [0.1, 0.15) is 5.78 Å². The fraction of sp³-hybridized carbons (Fsp3) is 0.857. The van der Waals surface area contributed by atoms with Crippen LogP contribution in [-0.2, 0) is 9.59 Å². The van der Waals surface area contributed by atoms with Crippen molar-refractivity contribution in [1.82, 2.24) is 0 Å². The molecule has 138 valence electrons. The van der Waals surface area contributed by atoms with E-state index < -0.39 is 11.6 Å². The zero-order valence-electron chi connectivity index (χ0n) is 15.6. The molecule has 0 heterocycles. The standard InChI is InChI=1S/C21H30FNO2/c1-4-11-16(23)6-8-20(2)13-5-7-21(3)14(10-15(22)19(21)25)12(13)9-17(24)18(11)20/h11-15,18,23H,4-10H2,1-3H3/t11-,12?,13?,14?,15?,18?,20+,21-/m0/s1. The molecule has 3 nitrogen and oxygen atoms in total. The van der Waals surface area contributed by atoms with Crippen molar-refractivity contribution in [2.75, 3.05) is 0 Å². The first kappa shape index (κ1) is 17.4. The van der Waals surface area contributed by atoms with E-state index >= 15 is 0 Å². The van der Waals surface area contributed by atoms with Gasteiger partial charge in [-0.3, -0.25) is 9.59 Å². The maximum Gasteiger partial charge on any atom is 0.173 e. The third kappa shape index (κ3) is 2.12. The molecule has 0 saturated heterocycles. The molecule has 4 heteroatoms. The van der Waals surface area contributed by atoms with Gasteiger partial charge in [0.05, 0.1) is 0 Å². The number of hydrogen-bond acceptors (Lipinski definition) is 3. The van der Waals surface area contributed by atoms with Crippen molar-refractivity contribution in [2.24, 2.45) is 40.4 Å². The van der Waals surface area contributed by atoms with Gasteiger partial charge in [-0.15, -0.1) is 0 Å². The van der Waals surface area contributed by atoms with Gasteiger partial charge >= 0.3 is 0 Å². The van der Waals surface area contributed by atoms with E-state index in [1.165, 1.54) is 0 Å². The summed E-state index contributed by atoms with van der Waals surface area (Å²) in [5.41, 5.74) is 0.108. The van der Waals surface area contributed by atoms with Gasteiger partial charge in [0, 0.05) is 29.4 Å². The van der Waals surface area contributed by atoms with Gasteiger partial charge in [-0.1, -0.05) is 20.8 Å². The van der Waals surface area contributed by atoms with Crippen LogP contribution in [0.2, 0.25) is 0 Å². The van der Waals surface area contributed by atoms with Gasteiger partial charge in [0.2, 0.25) is 0 Å². The molecule has 4 saturated carbocycles. The topological polar surface area (TPSA) is 58.0 Å². The van der Waals surface area contributed by atoms with Crippen molar-refractivity contribution in [2.45, 2.75) is 71.9 Å². The number of rotatable bonds is 1. The Kier molecular flexibility index (Phi) is 3.80. The molecule has 5 unspecified atom stereocenters. The first-order chi connectivity index (χ1) is 11.7. The Morgan fingerprint density at radius 3 is 2.60 bits per heavy atom. The minimum Gasteiger partial charge on any atom is -0.309 e. The van der Waals surface area contributed by atoms with E-state index in [9.17, 15) is 14.0 Å². The van der Waals surface area contributed by atoms with Crippen molar-refractivity contribution in [3.63, 3.8) is 0 Å². The Morgan fingerprint density at radius 1 is 1.20 bits per heavy atom. The van der Waals surface area contributed by atoms with Crippen LogP contribution in [0.25, 0.3) is 0 Å². The van der Waals surface area contributed by atoms with Crippen LogP contribution < -0.4 is 0 Å². The normalized spacial score (nSPS) is 52.6. The van der Waals surface area contributed by atoms with E-state index in [1.54, 1.807) is 0 Å². The second-order valence-corrected chi connectivity index (χ2v) is 9.59. The molecule has 8 atom stereocenters. The van der Waals surface area contributed by atoms with Crippen molar-refractivity contribution >= 4 is 17.3 Å². The van der Waals surface area contributed by atoms with Gasteiger partial charge < -0.3 is 5.41 Å². The molecule has 4 rings (SSSR count). The van der Waals surface area contributed by atoms with Crippen LogP contribution in [0.4, 0.5) is 4.39 Å². The van der Waals surface area contributed by atoms with Crippen LogP contribution in [0.15, 0.2) is 0 Å². The molecule has 0 aliphatic heterocycles. The molecule has 0 bridgehead atoms. The molecule has 0 aromatic carbocycles. The third-order valence-electron chi connectivity index (χ3n) is 8.70. The fourth-order valence-electron chi connectivity index (χ4n) is 7.39. The molecule has 0 amide bonds. The highest BCUT2D eigenvalue weighted by molar-refractivity contribution is 5.94. The third-order valence-corrected chi connectivity index (χ3v) is 8.70. The molecule has 0 spiro atoms. The minimum absolute atomic E-state index is 0.0249. The van der Waals surface area contributed by atoms with Crippen LogP contribution in [0, 0.1) is 45.8 Å². The summed E-state index contributed by atoms with van der Waals surface area (Å²) in [4.78, 5) is 25.6. The quantitative estimate of drug-likeness (QED) is 0.765. The number of nitrogens with one attached hydrogen (secondary N) is 1. The molecule has 4 fully saturated rings. The predicted octanol–water partition coefficient (Wildman–Crippen LogP) is 4.38. The van der Waals surface area contributed by atoms with Crippen LogP contribution in [0.3, 0.4) is 0 Å². The molecule has 0 aromatic rings. The van der Waals surface area contributed by atoms with Gasteiger partial charge in [0.25, 0.3) is 0 Å². The largest absolute Gasteiger partial charge is 0.309 e. The predicted molar refractivity (Wildman–Crippen MR) is 94.3 cm³/mol. The lowest BCUT2D eigenvalue weighted by molar-refractivity contribution is -0.156. The highest BCUT2D eigenvalue weighted by Gasteiger charge is 2.65. The van der Waals surface area contributed by atoms with Crippen LogP contribution >= 0.6 is 0 Å². The van der Waals surface area contributed by atoms with Gasteiger partial charge in [-0.05, 0) is 61.7 Å². The van der Waals surface area contributed by atoms with E-state index in [4.69, 9.17) is 5.41 Å². The van der Waals surface area contributed by atoms with Gasteiger partial charge in [-0.2, -0.15) is 0 Å². The second kappa shape index (κ2) is 5.47. The average molecular weight is 347 g/mol. The van der Waals surface area contributed by atoms with Crippen molar-refractivity contribution < 1.29 is 14.0 Å². The maximum atomic E-state index is 14.3. The van der Waals surface area contributed by atoms with E-state index in [2.05, 4.69) is 13.8 Å². The number of carbonyl (C=O) groups excluding carboxylic acids is 2. The zero-order chi connectivity index (χ0) is 18.1. The summed E-state index contributed by atoms with van der Waals surface area (Å²) >= 11 is 0. The van der Waals surface area contributed by atoms with Crippen LogP contribution in [0.5, 0.6) is 0 Å². The molecule has 1 N–H and O–H groups in total. The van der Waals surface area contributed by atoms with Crippen LogP contribution in [0.1, 0.15) is 65.7 Å². The van der Waals surface area contributed by atoms with E-state index in [0.29, 0.717) is 18.8 Å². The van der Waals surface area contributed by atoms with E-state index in [1.807, 2.05) is 6.92 Å². The summed E-state index contributed by atoms with van der Waals surface area (Å²) in [6.07, 6.45) is 3.71. The summed E-state index contributed by atoms with van der Waals surface area (Å²) in [7, 11) is 0. The SMILES string of the molecule is CC[C@H]1C(=N)CC[C@]2(C)C3CC[C@]4(C)C(=O)C(F)CC4C3CC(=O)C12. The number of carbonyl (C=O) groups is 2. The molecule has 0 radical (unpaired) electrons. The van der Waals surface area contributed by atoms with Crippen molar-refractivity contribution in [3.05, 3.63) is 0 Å². The summed E-state index contributed by atoms with van der Waals surface area (Å²) in [5.74, 6) is 0.682. The molecule has 4 aliphatic rings. The molecule has 25 heavy (non-hydrogen) atoms. The number of ketones is 2. The monoisotopic (exact) mass is 347 g/mol. The number of hydrogen-bond donors (Lipinski definition) is 1. The lowest BCUT2D eigenvalue weighted by Crippen LogP contribution is -2.59. The van der Waals surface area contributed by atoms with Crippen molar-refractivity contribution in [3.8, 4) is 0 Å². The van der Waals surface area contributed by atoms with Gasteiger partial charge in [-0.25, -0.2) is 4.39 Å². The summed E-state index contributed by atoms with van der Waals surface area (Å²) in [6.45, 7) is 6.29. The Bertz CT molecular complexity index is 646. The van der Waals surface area contributed by atoms with E-state index in [-0.39, 0.29) is 40.7 Å². The smallest absolute Gasteiger partial charge is 0.173 e. The fourth-order valence-corrected chi connectivity index (χ4v) is 7.39. The average Bonchev–Trinajstić information content (AvgIpc) is 2.80. The minimum atomic E-state index is -1.34. The molecular weight excluding hydrogens is 317 g/mol. The highest BCUT2D eigenvalue weighted by atomic mass is 19.1. The second-order valence-electron chi connectivity index (χ2n) is 9.59. The number of halogens is 1. The number of Topliss-reactive ketones (excluding diaryl/α,β-unsaturated/α-hetero) is 2. The number of fused-ring (bicyclic) bond motifs is 5. The summed E-state index contributed by atoms with van der Waals surface area (Å²) in [6, 6.07) is 0.